The predicted octanol–water partition coefficient (Wildman–Crippen LogP) is 4.58. The van der Waals surface area contributed by atoms with Crippen LogP contribution in [0.4, 0.5) is 11.4 Å². The number of aryl methyl sites for hydroxylation is 2. The van der Waals surface area contributed by atoms with Crippen molar-refractivity contribution in [3.8, 4) is 11.5 Å². The zero-order valence-electron chi connectivity index (χ0n) is 17.2. The molecular weight excluding hydrogens is 380 g/mol. The van der Waals surface area contributed by atoms with E-state index in [0.717, 1.165) is 16.8 Å². The molecule has 6 heteroatoms. The molecule has 154 valence electrons. The minimum Gasteiger partial charge on any atom is -0.497 e. The average Bonchev–Trinajstić information content (AvgIpc) is 2.75. The topological polar surface area (TPSA) is 76.7 Å². The summed E-state index contributed by atoms with van der Waals surface area (Å²) < 4.78 is 10.6. The molecule has 0 atom stereocenters. The molecule has 3 aromatic rings. The Kier molecular flexibility index (Phi) is 6.70. The van der Waals surface area contributed by atoms with Gasteiger partial charge in [0.2, 0.25) is 0 Å². The first kappa shape index (κ1) is 20.9. The summed E-state index contributed by atoms with van der Waals surface area (Å²) in [6, 6.07) is 19.5. The van der Waals surface area contributed by atoms with E-state index in [1.807, 2.05) is 32.0 Å². The van der Waals surface area contributed by atoms with Gasteiger partial charge in [-0.15, -0.1) is 0 Å². The van der Waals surface area contributed by atoms with E-state index in [0.29, 0.717) is 22.7 Å². The summed E-state index contributed by atoms with van der Waals surface area (Å²) in [5.41, 5.74) is 4.09. The van der Waals surface area contributed by atoms with Crippen LogP contribution in [-0.2, 0) is 4.79 Å². The first-order valence-electron chi connectivity index (χ1n) is 9.50. The second kappa shape index (κ2) is 9.60. The first-order chi connectivity index (χ1) is 14.4. The Morgan fingerprint density at radius 2 is 1.50 bits per heavy atom. The Balaban J connectivity index is 1.52. The van der Waals surface area contributed by atoms with Gasteiger partial charge in [0.05, 0.1) is 7.11 Å². The summed E-state index contributed by atoms with van der Waals surface area (Å²) in [4.78, 5) is 24.5. The highest BCUT2D eigenvalue weighted by Gasteiger charge is 2.09. The van der Waals surface area contributed by atoms with Crippen molar-refractivity contribution >= 4 is 23.2 Å². The summed E-state index contributed by atoms with van der Waals surface area (Å²) in [5, 5.41) is 5.65. The molecule has 0 aliphatic heterocycles. The minimum absolute atomic E-state index is 0.139. The maximum atomic E-state index is 12.5. The van der Waals surface area contributed by atoms with Crippen molar-refractivity contribution in [3.63, 3.8) is 0 Å². The predicted molar refractivity (Wildman–Crippen MR) is 117 cm³/mol. The van der Waals surface area contributed by atoms with Gasteiger partial charge in [0.15, 0.2) is 6.61 Å². The number of rotatable bonds is 7. The number of benzene rings is 3. The Hall–Kier alpha value is -3.80. The molecule has 0 aliphatic rings. The van der Waals surface area contributed by atoms with Crippen LogP contribution in [0.25, 0.3) is 0 Å². The highest BCUT2D eigenvalue weighted by Crippen LogP contribution is 2.19. The second-order valence-corrected chi connectivity index (χ2v) is 6.86. The number of nitrogens with one attached hydrogen (secondary N) is 2. The molecule has 0 saturated carbocycles. The minimum atomic E-state index is -0.281. The summed E-state index contributed by atoms with van der Waals surface area (Å²) in [5.74, 6) is 0.733. The van der Waals surface area contributed by atoms with Gasteiger partial charge in [-0.25, -0.2) is 0 Å². The molecule has 2 amide bonds. The SMILES string of the molecule is COc1ccc(NC(=O)COc2ccc(C(=O)Nc3ccc(C)cc3C)cc2)cc1. The zero-order valence-corrected chi connectivity index (χ0v) is 17.2. The van der Waals surface area contributed by atoms with Crippen LogP contribution >= 0.6 is 0 Å². The number of methoxy groups -OCH3 is 1. The Morgan fingerprint density at radius 1 is 0.833 bits per heavy atom. The van der Waals surface area contributed by atoms with Gasteiger partial charge in [0.25, 0.3) is 11.8 Å². The smallest absolute Gasteiger partial charge is 0.262 e. The van der Waals surface area contributed by atoms with Crippen molar-refractivity contribution in [1.29, 1.82) is 0 Å². The van der Waals surface area contributed by atoms with Gasteiger partial charge < -0.3 is 20.1 Å². The fourth-order valence-electron chi connectivity index (χ4n) is 2.87. The van der Waals surface area contributed by atoms with E-state index in [2.05, 4.69) is 10.6 Å². The van der Waals surface area contributed by atoms with E-state index in [4.69, 9.17) is 9.47 Å². The summed E-state index contributed by atoms with van der Waals surface area (Å²) >= 11 is 0. The maximum Gasteiger partial charge on any atom is 0.262 e. The van der Waals surface area contributed by atoms with Crippen LogP contribution in [0.2, 0.25) is 0 Å². The molecule has 0 radical (unpaired) electrons. The standard InChI is InChI=1S/C24H24N2O4/c1-16-4-13-22(17(2)14-16)26-24(28)18-5-9-21(10-6-18)30-15-23(27)25-19-7-11-20(29-3)12-8-19/h4-14H,15H2,1-3H3,(H,25,27)(H,26,28). The number of hydrogen-bond donors (Lipinski definition) is 2. The lowest BCUT2D eigenvalue weighted by atomic mass is 10.1. The van der Waals surface area contributed by atoms with Crippen LogP contribution in [0.3, 0.4) is 0 Å². The number of hydrogen-bond acceptors (Lipinski definition) is 4. The molecule has 0 spiro atoms. The lowest BCUT2D eigenvalue weighted by molar-refractivity contribution is -0.118. The zero-order chi connectivity index (χ0) is 21.5. The molecule has 0 aromatic heterocycles. The lowest BCUT2D eigenvalue weighted by Gasteiger charge is -2.10. The molecular formula is C24H24N2O4. The van der Waals surface area contributed by atoms with Gasteiger partial charge in [-0.3, -0.25) is 9.59 Å². The molecule has 0 bridgehead atoms. The van der Waals surface area contributed by atoms with Crippen LogP contribution in [0.5, 0.6) is 11.5 Å². The van der Waals surface area contributed by atoms with Gasteiger partial charge in [-0.05, 0) is 74.0 Å². The second-order valence-electron chi connectivity index (χ2n) is 6.86. The summed E-state index contributed by atoms with van der Waals surface area (Å²) in [6.07, 6.45) is 0. The molecule has 0 unspecified atom stereocenters. The summed E-state index contributed by atoms with van der Waals surface area (Å²) in [7, 11) is 1.58. The van der Waals surface area contributed by atoms with E-state index in [9.17, 15) is 9.59 Å². The number of anilines is 2. The fraction of sp³-hybridized carbons (Fsp3) is 0.167. The third kappa shape index (κ3) is 5.61. The van der Waals surface area contributed by atoms with Crippen LogP contribution in [0, 0.1) is 13.8 Å². The maximum absolute atomic E-state index is 12.5. The van der Waals surface area contributed by atoms with E-state index >= 15 is 0 Å². The van der Waals surface area contributed by atoms with Crippen molar-refractivity contribution in [3.05, 3.63) is 83.4 Å². The van der Waals surface area contributed by atoms with Crippen molar-refractivity contribution in [2.75, 3.05) is 24.4 Å². The third-order valence-electron chi connectivity index (χ3n) is 4.49. The van der Waals surface area contributed by atoms with E-state index in [1.165, 1.54) is 0 Å². The van der Waals surface area contributed by atoms with E-state index < -0.39 is 0 Å². The number of carbonyl (C=O) groups is 2. The number of amides is 2. The molecule has 0 fully saturated rings. The Bertz CT molecular complexity index is 1030. The summed E-state index contributed by atoms with van der Waals surface area (Å²) in [6.45, 7) is 3.82. The third-order valence-corrected chi connectivity index (χ3v) is 4.49. The van der Waals surface area contributed by atoms with Gasteiger partial charge >= 0.3 is 0 Å². The molecule has 3 aromatic carbocycles. The highest BCUT2D eigenvalue weighted by molar-refractivity contribution is 6.04. The van der Waals surface area contributed by atoms with Crippen molar-refractivity contribution in [2.45, 2.75) is 13.8 Å². The monoisotopic (exact) mass is 404 g/mol. The molecule has 2 N–H and O–H groups in total. The van der Waals surface area contributed by atoms with Crippen molar-refractivity contribution in [1.82, 2.24) is 0 Å². The van der Waals surface area contributed by atoms with E-state index in [-0.39, 0.29) is 18.4 Å². The Morgan fingerprint density at radius 3 is 2.13 bits per heavy atom. The molecule has 0 aliphatic carbocycles. The largest absolute Gasteiger partial charge is 0.497 e. The van der Waals surface area contributed by atoms with Crippen molar-refractivity contribution < 1.29 is 19.1 Å². The van der Waals surface area contributed by atoms with Crippen LogP contribution in [-0.4, -0.2) is 25.5 Å². The molecule has 3 rings (SSSR count). The normalized spacial score (nSPS) is 10.2. The molecule has 0 heterocycles. The fourth-order valence-corrected chi connectivity index (χ4v) is 2.87. The highest BCUT2D eigenvalue weighted by atomic mass is 16.5. The quantitative estimate of drug-likeness (QED) is 0.604. The van der Waals surface area contributed by atoms with Gasteiger partial charge in [-0.1, -0.05) is 17.7 Å². The van der Waals surface area contributed by atoms with Crippen molar-refractivity contribution in [2.24, 2.45) is 0 Å². The van der Waals surface area contributed by atoms with Gasteiger partial charge in [0.1, 0.15) is 11.5 Å². The Labute approximate surface area is 175 Å². The number of ether oxygens (including phenoxy) is 2. The van der Waals surface area contributed by atoms with E-state index in [1.54, 1.807) is 55.6 Å². The molecule has 6 nitrogen and oxygen atoms in total. The number of carbonyl (C=O) groups excluding carboxylic acids is 2. The molecule has 0 saturated heterocycles. The lowest BCUT2D eigenvalue weighted by Crippen LogP contribution is -2.20. The first-order valence-corrected chi connectivity index (χ1v) is 9.50. The van der Waals surface area contributed by atoms with Crippen LogP contribution < -0.4 is 20.1 Å². The average molecular weight is 404 g/mol. The van der Waals surface area contributed by atoms with Crippen LogP contribution in [0.1, 0.15) is 21.5 Å². The van der Waals surface area contributed by atoms with Crippen LogP contribution in [0.15, 0.2) is 66.7 Å². The van der Waals surface area contributed by atoms with Gasteiger partial charge in [0, 0.05) is 16.9 Å². The van der Waals surface area contributed by atoms with Gasteiger partial charge in [-0.2, -0.15) is 0 Å². The molecule has 30 heavy (non-hydrogen) atoms.